The van der Waals surface area contributed by atoms with Crippen LogP contribution in [0.25, 0.3) is 5.57 Å². The number of benzene rings is 2. The molecule has 6 heteroatoms. The molecule has 2 amide bonds. The van der Waals surface area contributed by atoms with Gasteiger partial charge in [-0.15, -0.1) is 0 Å². The van der Waals surface area contributed by atoms with E-state index in [0.717, 1.165) is 29.7 Å². The first-order valence-corrected chi connectivity index (χ1v) is 11.5. The van der Waals surface area contributed by atoms with E-state index in [2.05, 4.69) is 6.08 Å². The zero-order valence-corrected chi connectivity index (χ0v) is 18.9. The Labute approximate surface area is 192 Å². The number of amides is 2. The van der Waals surface area contributed by atoms with Crippen molar-refractivity contribution in [2.75, 3.05) is 11.4 Å². The van der Waals surface area contributed by atoms with Gasteiger partial charge < -0.3 is 4.90 Å². The molecule has 5 rings (SSSR count). The second-order valence-electron chi connectivity index (χ2n) is 8.81. The Morgan fingerprint density at radius 2 is 1.69 bits per heavy atom. The van der Waals surface area contributed by atoms with Gasteiger partial charge in [0.25, 0.3) is 0 Å². The molecule has 0 aromatic heterocycles. The summed E-state index contributed by atoms with van der Waals surface area (Å²) in [4.78, 5) is 44.2. The highest BCUT2D eigenvalue weighted by molar-refractivity contribution is 6.30. The normalized spacial score (nSPS) is 26.0. The quantitative estimate of drug-likeness (QED) is 0.495. The largest absolute Gasteiger partial charge is 0.352 e. The van der Waals surface area contributed by atoms with Gasteiger partial charge in [-0.2, -0.15) is 0 Å². The Hall–Kier alpha value is -2.92. The molecule has 5 nitrogen and oxygen atoms in total. The zero-order chi connectivity index (χ0) is 22.6. The van der Waals surface area contributed by atoms with E-state index in [1.807, 2.05) is 43.0 Å². The van der Waals surface area contributed by atoms with Gasteiger partial charge in [-0.25, -0.2) is 0 Å². The molecule has 0 N–H and O–H groups in total. The fourth-order valence-corrected chi connectivity index (χ4v) is 5.61. The predicted molar refractivity (Wildman–Crippen MR) is 125 cm³/mol. The van der Waals surface area contributed by atoms with Gasteiger partial charge in [0.1, 0.15) is 6.04 Å². The fourth-order valence-electron chi connectivity index (χ4n) is 5.48. The molecule has 0 bridgehead atoms. The molecule has 2 aromatic rings. The van der Waals surface area contributed by atoms with Crippen molar-refractivity contribution in [1.29, 1.82) is 0 Å². The summed E-state index contributed by atoms with van der Waals surface area (Å²) in [6.07, 6.45) is 3.71. The van der Waals surface area contributed by atoms with E-state index in [1.54, 1.807) is 24.3 Å². The van der Waals surface area contributed by atoms with Gasteiger partial charge in [-0.05, 0) is 49.2 Å². The maximum absolute atomic E-state index is 13.8. The van der Waals surface area contributed by atoms with E-state index < -0.39 is 17.9 Å². The molecule has 2 fully saturated rings. The van der Waals surface area contributed by atoms with E-state index in [1.165, 1.54) is 4.90 Å². The van der Waals surface area contributed by atoms with Crippen molar-refractivity contribution in [3.8, 4) is 0 Å². The van der Waals surface area contributed by atoms with Crippen LogP contribution in [0.3, 0.4) is 0 Å². The van der Waals surface area contributed by atoms with Crippen molar-refractivity contribution in [2.45, 2.75) is 38.8 Å². The first kappa shape index (κ1) is 21.0. The summed E-state index contributed by atoms with van der Waals surface area (Å²) in [7, 11) is 0. The molecule has 0 spiro atoms. The van der Waals surface area contributed by atoms with E-state index in [0.29, 0.717) is 17.1 Å². The third-order valence-electron chi connectivity index (χ3n) is 6.98. The van der Waals surface area contributed by atoms with Crippen molar-refractivity contribution in [3.05, 3.63) is 70.8 Å². The topological polar surface area (TPSA) is 57.7 Å². The smallest absolute Gasteiger partial charge is 0.235 e. The number of hydrogen-bond donors (Lipinski definition) is 0. The predicted octanol–water partition coefficient (Wildman–Crippen LogP) is 4.60. The number of Topliss-reactive ketones (excluding diaryl/α,β-unsaturated/α-hetero) is 1. The van der Waals surface area contributed by atoms with E-state index >= 15 is 0 Å². The van der Waals surface area contributed by atoms with Crippen LogP contribution < -0.4 is 4.90 Å². The highest BCUT2D eigenvalue weighted by Gasteiger charge is 2.64. The van der Waals surface area contributed by atoms with Crippen LogP contribution in [0, 0.1) is 11.8 Å². The highest BCUT2D eigenvalue weighted by Crippen LogP contribution is 2.50. The Balaban J connectivity index is 1.64. The number of anilines is 1. The lowest BCUT2D eigenvalue weighted by atomic mass is 9.85. The number of rotatable bonds is 5. The lowest BCUT2D eigenvalue weighted by Gasteiger charge is -2.38. The van der Waals surface area contributed by atoms with E-state index in [-0.39, 0.29) is 23.6 Å². The molecule has 4 atom stereocenters. The maximum atomic E-state index is 13.8. The number of ketones is 1. The van der Waals surface area contributed by atoms with Gasteiger partial charge in [-0.3, -0.25) is 19.3 Å². The number of nitrogens with zero attached hydrogens (tertiary/aromatic N) is 2. The van der Waals surface area contributed by atoms with Crippen molar-refractivity contribution in [1.82, 2.24) is 4.90 Å². The summed E-state index contributed by atoms with van der Waals surface area (Å²) in [6, 6.07) is 13.6. The summed E-state index contributed by atoms with van der Waals surface area (Å²) in [6.45, 7) is 4.47. The second kappa shape index (κ2) is 7.89. The van der Waals surface area contributed by atoms with Crippen LogP contribution in [0.5, 0.6) is 0 Å². The molecule has 3 heterocycles. The molecule has 0 radical (unpaired) electrons. The Bertz CT molecular complexity index is 1140. The minimum atomic E-state index is -0.736. The molecule has 2 saturated heterocycles. The standard InChI is InChI=1S/C26H25ClN2O3/c1-3-4-13-28-25(31)21-20-14-15(2)18-7-5-6-8-19(18)29(20)23(22(21)26(28)32)24(30)16-9-11-17(27)12-10-16/h5-12,14,20-23H,3-4,13H2,1-2H3/t20-,21-,22-,23-/m0/s1. The number of likely N-dealkylation sites (tertiary alicyclic amines) is 1. The van der Waals surface area contributed by atoms with E-state index in [4.69, 9.17) is 11.6 Å². The number of allylic oxidation sites excluding steroid dienone is 1. The number of fused-ring (bicyclic) bond motifs is 5. The number of hydrogen-bond acceptors (Lipinski definition) is 4. The molecule has 164 valence electrons. The number of para-hydroxylation sites is 1. The monoisotopic (exact) mass is 448 g/mol. The van der Waals surface area contributed by atoms with Crippen molar-refractivity contribution >= 4 is 40.5 Å². The van der Waals surface area contributed by atoms with Gasteiger partial charge >= 0.3 is 0 Å². The van der Waals surface area contributed by atoms with Crippen LogP contribution in [-0.4, -0.2) is 41.1 Å². The summed E-state index contributed by atoms with van der Waals surface area (Å²) in [5, 5.41) is 0.545. The Morgan fingerprint density at radius 1 is 1.00 bits per heavy atom. The Morgan fingerprint density at radius 3 is 2.41 bits per heavy atom. The Kier molecular flexibility index (Phi) is 5.17. The zero-order valence-electron chi connectivity index (χ0n) is 18.1. The molecule has 0 aliphatic carbocycles. The van der Waals surface area contributed by atoms with Crippen LogP contribution in [0.15, 0.2) is 54.6 Å². The van der Waals surface area contributed by atoms with Gasteiger partial charge in [0, 0.05) is 28.4 Å². The first-order chi connectivity index (χ1) is 15.4. The summed E-state index contributed by atoms with van der Waals surface area (Å²) >= 11 is 6.03. The van der Waals surface area contributed by atoms with Crippen LogP contribution in [0.2, 0.25) is 5.02 Å². The fraction of sp³-hybridized carbons (Fsp3) is 0.346. The average Bonchev–Trinajstić information content (AvgIpc) is 3.25. The highest BCUT2D eigenvalue weighted by atomic mass is 35.5. The minimum Gasteiger partial charge on any atom is -0.352 e. The van der Waals surface area contributed by atoms with Crippen LogP contribution in [0.4, 0.5) is 5.69 Å². The lowest BCUT2D eigenvalue weighted by molar-refractivity contribution is -0.140. The van der Waals surface area contributed by atoms with Crippen LogP contribution >= 0.6 is 11.6 Å². The molecule has 3 aliphatic heterocycles. The summed E-state index contributed by atoms with van der Waals surface area (Å²) < 4.78 is 0. The number of carbonyl (C=O) groups excluding carboxylic acids is 3. The van der Waals surface area contributed by atoms with Crippen molar-refractivity contribution in [3.63, 3.8) is 0 Å². The van der Waals surface area contributed by atoms with Crippen LogP contribution in [0.1, 0.15) is 42.6 Å². The molecule has 32 heavy (non-hydrogen) atoms. The van der Waals surface area contributed by atoms with Gasteiger partial charge in [0.05, 0.1) is 17.9 Å². The average molecular weight is 449 g/mol. The third-order valence-corrected chi connectivity index (χ3v) is 7.23. The minimum absolute atomic E-state index is 0.152. The van der Waals surface area contributed by atoms with Gasteiger partial charge in [0.15, 0.2) is 5.78 Å². The van der Waals surface area contributed by atoms with Crippen molar-refractivity contribution in [2.24, 2.45) is 11.8 Å². The van der Waals surface area contributed by atoms with Crippen molar-refractivity contribution < 1.29 is 14.4 Å². The molecular weight excluding hydrogens is 424 g/mol. The molecule has 0 unspecified atom stereocenters. The molecule has 0 saturated carbocycles. The first-order valence-electron chi connectivity index (χ1n) is 11.1. The van der Waals surface area contributed by atoms with E-state index in [9.17, 15) is 14.4 Å². The molecule has 3 aliphatic rings. The molecule has 2 aromatic carbocycles. The van der Waals surface area contributed by atoms with Gasteiger partial charge in [0.2, 0.25) is 11.8 Å². The van der Waals surface area contributed by atoms with Crippen LogP contribution in [-0.2, 0) is 9.59 Å². The number of imide groups is 1. The lowest BCUT2D eigenvalue weighted by Crippen LogP contribution is -2.49. The number of carbonyl (C=O) groups is 3. The number of halogens is 1. The molecular formula is C26H25ClN2O3. The SMILES string of the molecule is CCCCN1C(=O)[C@@H]2[C@H](C1=O)[C@@H](C(=O)c1ccc(Cl)cc1)N1c3ccccc3C(C)=C[C@@H]21. The summed E-state index contributed by atoms with van der Waals surface area (Å²) in [5.74, 6) is -1.77. The second-order valence-corrected chi connectivity index (χ2v) is 9.25. The summed E-state index contributed by atoms with van der Waals surface area (Å²) in [5.41, 5.74) is 3.49. The maximum Gasteiger partial charge on any atom is 0.235 e. The third kappa shape index (κ3) is 3.02. The van der Waals surface area contributed by atoms with Gasteiger partial charge in [-0.1, -0.05) is 49.2 Å². The number of unbranched alkanes of at least 4 members (excludes halogenated alkanes) is 1.